The lowest BCUT2D eigenvalue weighted by molar-refractivity contribution is 0.0977. The van der Waals surface area contributed by atoms with E-state index in [1.807, 2.05) is 20.8 Å². The van der Waals surface area contributed by atoms with E-state index in [1.54, 1.807) is 30.3 Å². The number of amides is 1. The molecule has 0 saturated carbocycles. The number of hydrogen-bond acceptors (Lipinski definition) is 5. The van der Waals surface area contributed by atoms with Crippen LogP contribution in [-0.2, 0) is 10.0 Å². The van der Waals surface area contributed by atoms with Crippen molar-refractivity contribution in [2.75, 3.05) is 25.0 Å². The fraction of sp³-hybridized carbons (Fsp3) is 0.391. The maximum Gasteiger partial charge on any atom is 0.257 e. The molecular weight excluding hydrogens is 526 g/mol. The van der Waals surface area contributed by atoms with Crippen molar-refractivity contribution < 1.29 is 17.9 Å². The van der Waals surface area contributed by atoms with Crippen molar-refractivity contribution in [1.29, 1.82) is 0 Å². The summed E-state index contributed by atoms with van der Waals surface area (Å²) in [5.41, 5.74) is 0.990. The Balaban J connectivity index is 2.02. The van der Waals surface area contributed by atoms with Gasteiger partial charge in [0.2, 0.25) is 10.0 Å². The summed E-state index contributed by atoms with van der Waals surface area (Å²) in [6.07, 6.45) is 2.38. The van der Waals surface area contributed by atoms with Crippen molar-refractivity contribution >= 4 is 54.9 Å². The molecule has 0 unspecified atom stereocenters. The molecule has 0 aromatic heterocycles. The molecular formula is C23H30BrN3O4S2. The molecule has 0 aliphatic heterocycles. The molecule has 0 aliphatic carbocycles. The number of nitrogens with zero attached hydrogens (tertiary/aromatic N) is 1. The molecule has 180 valence electrons. The first-order valence-corrected chi connectivity index (χ1v) is 13.5. The zero-order valence-corrected chi connectivity index (χ0v) is 22.3. The van der Waals surface area contributed by atoms with E-state index in [2.05, 4.69) is 26.6 Å². The van der Waals surface area contributed by atoms with Crippen LogP contribution < -0.4 is 15.4 Å². The predicted molar refractivity (Wildman–Crippen MR) is 139 cm³/mol. The van der Waals surface area contributed by atoms with Gasteiger partial charge in [-0.3, -0.25) is 10.1 Å². The number of carbonyl (C=O) groups is 1. The summed E-state index contributed by atoms with van der Waals surface area (Å²) >= 11 is 8.65. The monoisotopic (exact) mass is 555 g/mol. The van der Waals surface area contributed by atoms with Gasteiger partial charge in [-0.15, -0.1) is 0 Å². The second-order valence-electron chi connectivity index (χ2n) is 7.33. The van der Waals surface area contributed by atoms with Gasteiger partial charge in [0.1, 0.15) is 5.75 Å². The van der Waals surface area contributed by atoms with E-state index < -0.39 is 10.0 Å². The van der Waals surface area contributed by atoms with Gasteiger partial charge in [-0.1, -0.05) is 20.8 Å². The minimum atomic E-state index is -3.55. The van der Waals surface area contributed by atoms with E-state index in [0.29, 0.717) is 41.2 Å². The van der Waals surface area contributed by atoms with E-state index in [-0.39, 0.29) is 15.9 Å². The lowest BCUT2D eigenvalue weighted by Crippen LogP contribution is -2.34. The lowest BCUT2D eigenvalue weighted by Gasteiger charge is -2.21. The van der Waals surface area contributed by atoms with Gasteiger partial charge >= 0.3 is 0 Å². The number of ether oxygens (including phenoxy) is 1. The van der Waals surface area contributed by atoms with E-state index >= 15 is 0 Å². The molecule has 10 heteroatoms. The number of halogens is 1. The molecule has 2 aromatic carbocycles. The Morgan fingerprint density at radius 2 is 1.67 bits per heavy atom. The Morgan fingerprint density at radius 3 is 2.21 bits per heavy atom. The van der Waals surface area contributed by atoms with Gasteiger partial charge in [0.05, 0.1) is 16.0 Å². The molecule has 0 aliphatic rings. The van der Waals surface area contributed by atoms with Gasteiger partial charge in [-0.2, -0.15) is 4.31 Å². The third kappa shape index (κ3) is 7.77. The Labute approximate surface area is 210 Å². The molecule has 2 N–H and O–H groups in total. The minimum Gasteiger partial charge on any atom is -0.492 e. The minimum absolute atomic E-state index is 0.108. The maximum absolute atomic E-state index is 12.9. The number of hydrogen-bond donors (Lipinski definition) is 2. The lowest BCUT2D eigenvalue weighted by atomic mass is 10.2. The number of anilines is 1. The van der Waals surface area contributed by atoms with Crippen LogP contribution in [0.1, 0.15) is 50.4 Å². The first-order valence-electron chi connectivity index (χ1n) is 10.9. The topological polar surface area (TPSA) is 87.7 Å². The Morgan fingerprint density at radius 1 is 1.03 bits per heavy atom. The molecule has 2 aromatic rings. The summed E-state index contributed by atoms with van der Waals surface area (Å²) in [6, 6.07) is 11.4. The number of benzene rings is 2. The number of sulfonamides is 1. The fourth-order valence-electron chi connectivity index (χ4n) is 3.02. The highest BCUT2D eigenvalue weighted by Crippen LogP contribution is 2.26. The zero-order valence-electron chi connectivity index (χ0n) is 19.1. The first kappa shape index (κ1) is 27.2. The highest BCUT2D eigenvalue weighted by Gasteiger charge is 2.22. The standard InChI is InChI=1S/C23H30BrN3O4S2/c1-4-13-27(14-5-2)33(29,30)19-10-8-18(9-11-19)25-23(32)26-22(28)17-7-12-21(20(24)16-17)31-15-6-3/h7-12,16H,4-6,13-15H2,1-3H3,(H2,25,26,28,32). The molecule has 0 bridgehead atoms. The smallest absolute Gasteiger partial charge is 0.257 e. The zero-order chi connectivity index (χ0) is 24.4. The largest absolute Gasteiger partial charge is 0.492 e. The van der Waals surface area contributed by atoms with Gasteiger partial charge in [-0.25, -0.2) is 8.42 Å². The fourth-order valence-corrected chi connectivity index (χ4v) is 5.35. The second kappa shape index (κ2) is 13.0. The van der Waals surface area contributed by atoms with Crippen LogP contribution in [0.3, 0.4) is 0 Å². The summed E-state index contributed by atoms with van der Waals surface area (Å²) in [4.78, 5) is 12.7. The summed E-state index contributed by atoms with van der Waals surface area (Å²) in [5.74, 6) is 0.296. The molecule has 0 fully saturated rings. The third-order valence-electron chi connectivity index (χ3n) is 4.58. The van der Waals surface area contributed by atoms with Crippen LogP contribution in [0.2, 0.25) is 0 Å². The van der Waals surface area contributed by atoms with Crippen LogP contribution >= 0.6 is 28.1 Å². The second-order valence-corrected chi connectivity index (χ2v) is 10.5. The van der Waals surface area contributed by atoms with Gasteiger partial charge in [-0.05, 0) is 89.9 Å². The molecule has 1 amide bonds. The number of nitrogens with one attached hydrogen (secondary N) is 2. The summed E-state index contributed by atoms with van der Waals surface area (Å²) in [7, 11) is -3.55. The van der Waals surface area contributed by atoms with Crippen molar-refractivity contribution in [2.45, 2.75) is 44.9 Å². The summed E-state index contributed by atoms with van der Waals surface area (Å²) in [5, 5.41) is 5.64. The van der Waals surface area contributed by atoms with Crippen molar-refractivity contribution in [1.82, 2.24) is 9.62 Å². The van der Waals surface area contributed by atoms with Crippen molar-refractivity contribution in [3.63, 3.8) is 0 Å². The normalized spacial score (nSPS) is 11.3. The molecule has 7 nitrogen and oxygen atoms in total. The summed E-state index contributed by atoms with van der Waals surface area (Å²) in [6.45, 7) is 7.47. The van der Waals surface area contributed by atoms with Gasteiger partial charge in [0.25, 0.3) is 5.91 Å². The average molecular weight is 557 g/mol. The van der Waals surface area contributed by atoms with Crippen molar-refractivity contribution in [2.24, 2.45) is 0 Å². The van der Waals surface area contributed by atoms with Crippen LogP contribution in [0.5, 0.6) is 5.75 Å². The van der Waals surface area contributed by atoms with Gasteiger partial charge < -0.3 is 10.1 Å². The number of thiocarbonyl (C=S) groups is 1. The molecule has 2 rings (SSSR count). The van der Waals surface area contributed by atoms with Crippen LogP contribution in [0.15, 0.2) is 51.8 Å². The van der Waals surface area contributed by atoms with E-state index in [9.17, 15) is 13.2 Å². The van der Waals surface area contributed by atoms with Crippen LogP contribution in [0.4, 0.5) is 5.69 Å². The number of rotatable bonds is 11. The molecule has 0 saturated heterocycles. The Hall–Kier alpha value is -2.01. The Kier molecular flexibility index (Phi) is 10.7. The van der Waals surface area contributed by atoms with E-state index in [1.165, 1.54) is 16.4 Å². The highest BCUT2D eigenvalue weighted by atomic mass is 79.9. The molecule has 0 spiro atoms. The highest BCUT2D eigenvalue weighted by molar-refractivity contribution is 9.10. The third-order valence-corrected chi connectivity index (χ3v) is 7.32. The van der Waals surface area contributed by atoms with E-state index in [4.69, 9.17) is 17.0 Å². The maximum atomic E-state index is 12.9. The Bertz CT molecular complexity index is 1050. The molecule has 33 heavy (non-hydrogen) atoms. The molecule has 0 heterocycles. The van der Waals surface area contributed by atoms with E-state index in [0.717, 1.165) is 19.3 Å². The number of carbonyl (C=O) groups excluding carboxylic acids is 1. The SMILES string of the molecule is CCCOc1ccc(C(=O)NC(=S)Nc2ccc(S(=O)(=O)N(CCC)CCC)cc2)cc1Br. The van der Waals surface area contributed by atoms with Crippen LogP contribution in [0.25, 0.3) is 0 Å². The van der Waals surface area contributed by atoms with Gasteiger partial charge in [0, 0.05) is 24.3 Å². The quantitative estimate of drug-likeness (QED) is 0.371. The average Bonchev–Trinajstić information content (AvgIpc) is 2.78. The summed E-state index contributed by atoms with van der Waals surface area (Å²) < 4.78 is 33.5. The first-order chi connectivity index (χ1) is 15.7. The molecule has 0 atom stereocenters. The van der Waals surface area contributed by atoms with Crippen molar-refractivity contribution in [3.8, 4) is 5.75 Å². The predicted octanol–water partition coefficient (Wildman–Crippen LogP) is 5.18. The van der Waals surface area contributed by atoms with Crippen molar-refractivity contribution in [3.05, 3.63) is 52.5 Å². The van der Waals surface area contributed by atoms with Crippen LogP contribution in [-0.4, -0.2) is 43.4 Å². The van der Waals surface area contributed by atoms with Crippen LogP contribution in [0, 0.1) is 0 Å². The van der Waals surface area contributed by atoms with Gasteiger partial charge in [0.15, 0.2) is 5.11 Å². The molecule has 0 radical (unpaired) electrons.